The lowest BCUT2D eigenvalue weighted by Crippen LogP contribution is -2.14. The minimum Gasteiger partial charge on any atom is -0.469 e. The van der Waals surface area contributed by atoms with Crippen molar-refractivity contribution in [1.29, 1.82) is 0 Å². The van der Waals surface area contributed by atoms with Gasteiger partial charge in [0.15, 0.2) is 5.13 Å². The fourth-order valence-electron chi connectivity index (χ4n) is 1.65. The SMILES string of the molecule is COC(=O)Cc1csc(NC(=O)c2cccc(C)c2F)n1. The Labute approximate surface area is 124 Å². The van der Waals surface area contributed by atoms with Crippen LogP contribution in [0, 0.1) is 12.7 Å². The molecule has 1 aromatic heterocycles. The second-order valence-electron chi connectivity index (χ2n) is 4.29. The molecule has 5 nitrogen and oxygen atoms in total. The lowest BCUT2D eigenvalue weighted by atomic mass is 10.1. The van der Waals surface area contributed by atoms with E-state index < -0.39 is 17.7 Å². The van der Waals surface area contributed by atoms with Gasteiger partial charge in [0.1, 0.15) is 5.82 Å². The van der Waals surface area contributed by atoms with Crippen molar-refractivity contribution >= 4 is 28.3 Å². The highest BCUT2D eigenvalue weighted by atomic mass is 32.1. The van der Waals surface area contributed by atoms with Crippen LogP contribution in [0.2, 0.25) is 0 Å². The number of ether oxygens (including phenoxy) is 1. The number of rotatable bonds is 4. The fourth-order valence-corrected chi connectivity index (χ4v) is 2.36. The maximum absolute atomic E-state index is 13.8. The van der Waals surface area contributed by atoms with Gasteiger partial charge in [-0.15, -0.1) is 11.3 Å². The van der Waals surface area contributed by atoms with Gasteiger partial charge in [0.25, 0.3) is 5.91 Å². The molecule has 0 radical (unpaired) electrons. The molecule has 0 bridgehead atoms. The van der Waals surface area contributed by atoms with E-state index in [2.05, 4.69) is 15.0 Å². The van der Waals surface area contributed by atoms with Crippen molar-refractivity contribution in [1.82, 2.24) is 4.98 Å². The Morgan fingerprint density at radius 2 is 2.19 bits per heavy atom. The van der Waals surface area contributed by atoms with Gasteiger partial charge in [0.2, 0.25) is 0 Å². The van der Waals surface area contributed by atoms with Crippen LogP contribution in [0.3, 0.4) is 0 Å². The molecule has 2 rings (SSSR count). The van der Waals surface area contributed by atoms with Crippen molar-refractivity contribution in [3.05, 3.63) is 46.2 Å². The van der Waals surface area contributed by atoms with E-state index in [-0.39, 0.29) is 12.0 Å². The molecule has 110 valence electrons. The summed E-state index contributed by atoms with van der Waals surface area (Å²) in [7, 11) is 1.29. The first-order chi connectivity index (χ1) is 10.0. The molecule has 1 aromatic carbocycles. The average Bonchev–Trinajstić information content (AvgIpc) is 2.88. The van der Waals surface area contributed by atoms with Gasteiger partial charge in [-0.3, -0.25) is 14.9 Å². The highest BCUT2D eigenvalue weighted by molar-refractivity contribution is 7.14. The second kappa shape index (κ2) is 6.45. The monoisotopic (exact) mass is 308 g/mol. The van der Waals surface area contributed by atoms with Crippen molar-refractivity contribution in [2.24, 2.45) is 0 Å². The molecular formula is C14H13FN2O3S. The molecule has 1 N–H and O–H groups in total. The molecule has 0 aliphatic rings. The number of hydrogen-bond acceptors (Lipinski definition) is 5. The number of anilines is 1. The minimum atomic E-state index is -0.574. The summed E-state index contributed by atoms with van der Waals surface area (Å²) in [6.45, 7) is 1.59. The third-order valence-electron chi connectivity index (χ3n) is 2.76. The van der Waals surface area contributed by atoms with Crippen LogP contribution in [0.1, 0.15) is 21.6 Å². The molecule has 0 spiro atoms. The summed E-state index contributed by atoms with van der Waals surface area (Å²) in [5.41, 5.74) is 0.847. The molecule has 1 amide bonds. The first-order valence-electron chi connectivity index (χ1n) is 6.09. The Kier molecular flexibility index (Phi) is 4.64. The number of halogens is 1. The number of amides is 1. The number of hydrogen-bond donors (Lipinski definition) is 1. The lowest BCUT2D eigenvalue weighted by molar-refractivity contribution is -0.139. The van der Waals surface area contributed by atoms with Crippen LogP contribution < -0.4 is 5.32 Å². The molecule has 2 aromatic rings. The Bertz CT molecular complexity index is 685. The number of aryl methyl sites for hydroxylation is 1. The Hall–Kier alpha value is -2.28. The van der Waals surface area contributed by atoms with Gasteiger partial charge in [-0.05, 0) is 18.6 Å². The first kappa shape index (κ1) is 15.1. The first-order valence-corrected chi connectivity index (χ1v) is 6.97. The Morgan fingerprint density at radius 1 is 1.43 bits per heavy atom. The van der Waals surface area contributed by atoms with Crippen LogP contribution in [0.25, 0.3) is 0 Å². The molecule has 0 aliphatic heterocycles. The summed E-state index contributed by atoms with van der Waals surface area (Å²) in [4.78, 5) is 27.2. The average molecular weight is 308 g/mol. The summed E-state index contributed by atoms with van der Waals surface area (Å²) in [6, 6.07) is 4.60. The highest BCUT2D eigenvalue weighted by Crippen LogP contribution is 2.19. The zero-order valence-electron chi connectivity index (χ0n) is 11.5. The number of nitrogens with one attached hydrogen (secondary N) is 1. The van der Waals surface area contributed by atoms with E-state index in [0.29, 0.717) is 16.4 Å². The summed E-state index contributed by atoms with van der Waals surface area (Å²) in [5.74, 6) is -1.54. The van der Waals surface area contributed by atoms with Crippen molar-refractivity contribution in [2.75, 3.05) is 12.4 Å². The largest absolute Gasteiger partial charge is 0.469 e. The van der Waals surface area contributed by atoms with Crippen LogP contribution in [0.4, 0.5) is 9.52 Å². The van der Waals surface area contributed by atoms with Gasteiger partial charge in [-0.1, -0.05) is 12.1 Å². The van der Waals surface area contributed by atoms with E-state index in [4.69, 9.17) is 0 Å². The van der Waals surface area contributed by atoms with E-state index in [0.717, 1.165) is 11.3 Å². The van der Waals surface area contributed by atoms with Crippen molar-refractivity contribution in [2.45, 2.75) is 13.3 Å². The van der Waals surface area contributed by atoms with Crippen LogP contribution in [-0.4, -0.2) is 24.0 Å². The number of aromatic nitrogens is 1. The van der Waals surface area contributed by atoms with Crippen LogP contribution in [0.5, 0.6) is 0 Å². The molecular weight excluding hydrogens is 295 g/mol. The molecule has 7 heteroatoms. The minimum absolute atomic E-state index is 0.0294. The number of thiazole rings is 1. The van der Waals surface area contributed by atoms with Gasteiger partial charge < -0.3 is 4.74 Å². The predicted octanol–water partition coefficient (Wildman–Crippen LogP) is 2.56. The topological polar surface area (TPSA) is 68.3 Å². The second-order valence-corrected chi connectivity index (χ2v) is 5.15. The highest BCUT2D eigenvalue weighted by Gasteiger charge is 2.15. The molecule has 0 aliphatic carbocycles. The van der Waals surface area contributed by atoms with Gasteiger partial charge in [-0.2, -0.15) is 0 Å². The normalized spacial score (nSPS) is 10.2. The summed E-state index contributed by atoms with van der Waals surface area (Å²) in [5, 5.41) is 4.46. The fraction of sp³-hybridized carbons (Fsp3) is 0.214. The summed E-state index contributed by atoms with van der Waals surface area (Å²) >= 11 is 1.16. The molecule has 21 heavy (non-hydrogen) atoms. The molecule has 0 unspecified atom stereocenters. The van der Waals surface area contributed by atoms with Crippen molar-refractivity contribution in [3.8, 4) is 0 Å². The molecule has 0 saturated carbocycles. The van der Waals surface area contributed by atoms with Crippen LogP contribution >= 0.6 is 11.3 Å². The van der Waals surface area contributed by atoms with Gasteiger partial charge in [0, 0.05) is 5.38 Å². The molecule has 0 saturated heterocycles. The molecule has 1 heterocycles. The van der Waals surface area contributed by atoms with Crippen LogP contribution in [-0.2, 0) is 16.0 Å². The van der Waals surface area contributed by atoms with Crippen molar-refractivity contribution < 1.29 is 18.7 Å². The van der Waals surface area contributed by atoms with E-state index in [9.17, 15) is 14.0 Å². The number of carbonyl (C=O) groups is 2. The smallest absolute Gasteiger partial charge is 0.311 e. The zero-order chi connectivity index (χ0) is 15.4. The van der Waals surface area contributed by atoms with Crippen molar-refractivity contribution in [3.63, 3.8) is 0 Å². The maximum atomic E-state index is 13.8. The zero-order valence-corrected chi connectivity index (χ0v) is 12.3. The van der Waals surface area contributed by atoms with Crippen LogP contribution in [0.15, 0.2) is 23.6 Å². The standard InChI is InChI=1S/C14H13FN2O3S/c1-8-4-3-5-10(12(8)15)13(19)17-14-16-9(7-21-14)6-11(18)20-2/h3-5,7H,6H2,1-2H3,(H,16,17,19). The lowest BCUT2D eigenvalue weighted by Gasteiger charge is -2.04. The van der Waals surface area contributed by atoms with E-state index >= 15 is 0 Å². The molecule has 0 fully saturated rings. The summed E-state index contributed by atoms with van der Waals surface area (Å²) in [6.07, 6.45) is 0.0294. The van der Waals surface area contributed by atoms with E-state index in [1.165, 1.54) is 13.2 Å². The third kappa shape index (κ3) is 3.63. The third-order valence-corrected chi connectivity index (χ3v) is 3.57. The molecule has 0 atom stereocenters. The van der Waals surface area contributed by atoms with Gasteiger partial charge in [-0.25, -0.2) is 9.37 Å². The Balaban J connectivity index is 2.09. The number of esters is 1. The van der Waals surface area contributed by atoms with Gasteiger partial charge >= 0.3 is 5.97 Å². The quantitative estimate of drug-likeness (QED) is 0.881. The number of methoxy groups -OCH3 is 1. The Morgan fingerprint density at radius 3 is 2.90 bits per heavy atom. The summed E-state index contributed by atoms with van der Waals surface area (Å²) < 4.78 is 18.4. The number of benzene rings is 1. The number of nitrogens with zero attached hydrogens (tertiary/aromatic N) is 1. The van der Waals surface area contributed by atoms with E-state index in [1.807, 2.05) is 0 Å². The predicted molar refractivity (Wildman–Crippen MR) is 76.9 cm³/mol. The number of carbonyl (C=O) groups excluding carboxylic acids is 2. The van der Waals surface area contributed by atoms with E-state index in [1.54, 1.807) is 24.4 Å². The van der Waals surface area contributed by atoms with Gasteiger partial charge in [0.05, 0.1) is 24.8 Å². The maximum Gasteiger partial charge on any atom is 0.311 e.